The molecule has 0 radical (unpaired) electrons. The van der Waals surface area contributed by atoms with Gasteiger partial charge in [-0.1, -0.05) is 19.1 Å². The van der Waals surface area contributed by atoms with E-state index in [1.54, 1.807) is 0 Å². The Morgan fingerprint density at radius 1 is 1.39 bits per heavy atom. The van der Waals surface area contributed by atoms with E-state index in [4.69, 9.17) is 5.73 Å². The molecule has 2 aliphatic heterocycles. The van der Waals surface area contributed by atoms with Crippen LogP contribution >= 0.6 is 0 Å². The van der Waals surface area contributed by atoms with Crippen LogP contribution in [0.3, 0.4) is 0 Å². The van der Waals surface area contributed by atoms with Crippen LogP contribution in [0.15, 0.2) is 17.1 Å². The third-order valence-electron chi connectivity index (χ3n) is 3.81. The van der Waals surface area contributed by atoms with E-state index in [0.717, 1.165) is 51.1 Å². The summed E-state index contributed by atoms with van der Waals surface area (Å²) in [6.45, 7) is 8.51. The second-order valence-electron chi connectivity index (χ2n) is 5.49. The van der Waals surface area contributed by atoms with E-state index < -0.39 is 0 Å². The fraction of sp³-hybridized carbons (Fsp3) is 0.786. The number of aliphatic imine (C=N–C) groups is 1. The lowest BCUT2D eigenvalue weighted by Crippen LogP contribution is -2.43. The van der Waals surface area contributed by atoms with Gasteiger partial charge in [0, 0.05) is 32.7 Å². The predicted molar refractivity (Wildman–Crippen MR) is 76.7 cm³/mol. The van der Waals surface area contributed by atoms with Crippen LogP contribution in [0.4, 0.5) is 0 Å². The lowest BCUT2D eigenvalue weighted by molar-refractivity contribution is 0.269. The molecule has 0 aromatic rings. The molecule has 102 valence electrons. The molecule has 0 aliphatic carbocycles. The molecule has 2 rings (SSSR count). The molecule has 0 saturated carbocycles. The third kappa shape index (κ3) is 4.02. The van der Waals surface area contributed by atoms with Gasteiger partial charge in [-0.2, -0.15) is 0 Å². The predicted octanol–water partition coefficient (Wildman–Crippen LogP) is 1.29. The molecule has 1 saturated heterocycles. The van der Waals surface area contributed by atoms with Crippen LogP contribution in [-0.2, 0) is 0 Å². The molecule has 1 atom stereocenters. The first-order valence-electron chi connectivity index (χ1n) is 7.18. The molecular weight excluding hydrogens is 224 g/mol. The van der Waals surface area contributed by atoms with E-state index >= 15 is 0 Å². The van der Waals surface area contributed by atoms with Gasteiger partial charge in [-0.15, -0.1) is 0 Å². The lowest BCUT2D eigenvalue weighted by Gasteiger charge is -2.31. The molecule has 2 N–H and O–H groups in total. The summed E-state index contributed by atoms with van der Waals surface area (Å²) in [5.41, 5.74) is 6.07. The van der Waals surface area contributed by atoms with E-state index in [1.165, 1.54) is 19.3 Å². The Bertz CT molecular complexity index is 311. The highest BCUT2D eigenvalue weighted by Crippen LogP contribution is 2.14. The Kier molecular flexibility index (Phi) is 5.05. The van der Waals surface area contributed by atoms with Crippen molar-refractivity contribution in [2.75, 3.05) is 39.3 Å². The summed E-state index contributed by atoms with van der Waals surface area (Å²) in [6.07, 6.45) is 8.23. The number of piperidine rings is 1. The van der Waals surface area contributed by atoms with Gasteiger partial charge in [0.2, 0.25) is 0 Å². The van der Waals surface area contributed by atoms with Crippen LogP contribution < -0.4 is 5.73 Å². The summed E-state index contributed by atoms with van der Waals surface area (Å²) >= 11 is 0. The number of rotatable bonds is 3. The first-order valence-corrected chi connectivity index (χ1v) is 7.18. The van der Waals surface area contributed by atoms with Crippen molar-refractivity contribution >= 4 is 5.96 Å². The zero-order valence-corrected chi connectivity index (χ0v) is 11.5. The highest BCUT2D eigenvalue weighted by atomic mass is 15.3. The van der Waals surface area contributed by atoms with Crippen molar-refractivity contribution in [1.82, 2.24) is 9.80 Å². The highest BCUT2D eigenvalue weighted by molar-refractivity contribution is 5.78. The monoisotopic (exact) mass is 250 g/mol. The van der Waals surface area contributed by atoms with Crippen molar-refractivity contribution in [3.63, 3.8) is 0 Å². The summed E-state index contributed by atoms with van der Waals surface area (Å²) in [5.74, 6) is 1.49. The van der Waals surface area contributed by atoms with Gasteiger partial charge in [0.25, 0.3) is 0 Å². The fourth-order valence-electron chi connectivity index (χ4n) is 2.70. The molecule has 4 heteroatoms. The van der Waals surface area contributed by atoms with Crippen molar-refractivity contribution in [2.24, 2.45) is 16.6 Å². The maximum absolute atomic E-state index is 6.07. The number of nitrogens with two attached hydrogens (primary N) is 1. The average Bonchev–Trinajstić information content (AvgIpc) is 2.40. The zero-order valence-electron chi connectivity index (χ0n) is 11.5. The Labute approximate surface area is 111 Å². The van der Waals surface area contributed by atoms with E-state index in [1.807, 2.05) is 0 Å². The van der Waals surface area contributed by atoms with Crippen molar-refractivity contribution in [3.8, 4) is 0 Å². The summed E-state index contributed by atoms with van der Waals surface area (Å²) in [5, 5.41) is 0. The van der Waals surface area contributed by atoms with Crippen LogP contribution in [0.1, 0.15) is 26.2 Å². The number of guanidine groups is 1. The summed E-state index contributed by atoms with van der Waals surface area (Å²) in [7, 11) is 0. The molecule has 0 amide bonds. The second kappa shape index (κ2) is 6.78. The average molecular weight is 250 g/mol. The normalized spacial score (nSPS) is 26.6. The molecule has 18 heavy (non-hydrogen) atoms. The molecule has 1 fully saturated rings. The topological polar surface area (TPSA) is 44.9 Å². The van der Waals surface area contributed by atoms with Crippen LogP contribution in [0.2, 0.25) is 0 Å². The maximum atomic E-state index is 6.07. The summed E-state index contributed by atoms with van der Waals surface area (Å²) < 4.78 is 0. The minimum atomic E-state index is 0.745. The molecule has 2 aliphatic rings. The molecule has 1 unspecified atom stereocenters. The SMILES string of the molecule is CC1CCCN(C(N)=NCCN2CC=CCC2)C1. The van der Waals surface area contributed by atoms with Crippen molar-refractivity contribution in [1.29, 1.82) is 0 Å². The Hall–Kier alpha value is -1.03. The van der Waals surface area contributed by atoms with Crippen LogP contribution in [0.5, 0.6) is 0 Å². The first kappa shape index (κ1) is 13.4. The van der Waals surface area contributed by atoms with Gasteiger partial charge in [-0.05, 0) is 25.2 Å². The standard InChI is InChI=1S/C14H26N4/c1-13-6-5-10-18(12-13)14(15)16-7-11-17-8-3-2-4-9-17/h2-3,13H,4-12H2,1H3,(H2,15,16). The molecule has 0 aromatic heterocycles. The fourth-order valence-corrected chi connectivity index (χ4v) is 2.70. The number of nitrogens with zero attached hydrogens (tertiary/aromatic N) is 3. The summed E-state index contributed by atoms with van der Waals surface area (Å²) in [6, 6.07) is 0. The maximum Gasteiger partial charge on any atom is 0.191 e. The smallest absolute Gasteiger partial charge is 0.191 e. The minimum absolute atomic E-state index is 0.745. The van der Waals surface area contributed by atoms with Gasteiger partial charge < -0.3 is 10.6 Å². The van der Waals surface area contributed by atoms with Crippen molar-refractivity contribution < 1.29 is 0 Å². The van der Waals surface area contributed by atoms with Gasteiger partial charge >= 0.3 is 0 Å². The van der Waals surface area contributed by atoms with E-state index in [0.29, 0.717) is 0 Å². The number of hydrogen-bond donors (Lipinski definition) is 1. The van der Waals surface area contributed by atoms with E-state index in [-0.39, 0.29) is 0 Å². The number of hydrogen-bond acceptors (Lipinski definition) is 2. The highest BCUT2D eigenvalue weighted by Gasteiger charge is 2.17. The summed E-state index contributed by atoms with van der Waals surface area (Å²) in [4.78, 5) is 9.20. The molecule has 0 aromatic carbocycles. The zero-order chi connectivity index (χ0) is 12.8. The largest absolute Gasteiger partial charge is 0.370 e. The van der Waals surface area contributed by atoms with E-state index in [9.17, 15) is 0 Å². The van der Waals surface area contributed by atoms with Crippen molar-refractivity contribution in [3.05, 3.63) is 12.2 Å². The molecule has 2 heterocycles. The molecule has 4 nitrogen and oxygen atoms in total. The van der Waals surface area contributed by atoms with Gasteiger partial charge in [-0.3, -0.25) is 9.89 Å². The minimum Gasteiger partial charge on any atom is -0.370 e. The third-order valence-corrected chi connectivity index (χ3v) is 3.81. The van der Waals surface area contributed by atoms with Crippen LogP contribution in [-0.4, -0.2) is 55.0 Å². The molecule has 0 bridgehead atoms. The first-order chi connectivity index (χ1) is 8.75. The Morgan fingerprint density at radius 3 is 3.00 bits per heavy atom. The van der Waals surface area contributed by atoms with Crippen LogP contribution in [0, 0.1) is 5.92 Å². The second-order valence-corrected chi connectivity index (χ2v) is 5.49. The lowest BCUT2D eigenvalue weighted by atomic mass is 10.0. The molecular formula is C14H26N4. The van der Waals surface area contributed by atoms with Crippen LogP contribution in [0.25, 0.3) is 0 Å². The van der Waals surface area contributed by atoms with Gasteiger partial charge in [0.1, 0.15) is 0 Å². The quantitative estimate of drug-likeness (QED) is 0.466. The molecule has 0 spiro atoms. The Morgan fingerprint density at radius 2 is 2.28 bits per heavy atom. The van der Waals surface area contributed by atoms with Gasteiger partial charge in [-0.25, -0.2) is 0 Å². The number of likely N-dealkylation sites (tertiary alicyclic amines) is 1. The van der Waals surface area contributed by atoms with Gasteiger partial charge in [0.15, 0.2) is 5.96 Å². The Balaban J connectivity index is 1.72. The van der Waals surface area contributed by atoms with Gasteiger partial charge in [0.05, 0.1) is 6.54 Å². The van der Waals surface area contributed by atoms with E-state index in [2.05, 4.69) is 33.9 Å². The van der Waals surface area contributed by atoms with Crippen molar-refractivity contribution in [2.45, 2.75) is 26.2 Å².